The van der Waals surface area contributed by atoms with E-state index < -0.39 is 0 Å². The van der Waals surface area contributed by atoms with Gasteiger partial charge in [0.2, 0.25) is 5.89 Å². The molecule has 0 aliphatic heterocycles. The first-order valence-corrected chi connectivity index (χ1v) is 8.12. The molecule has 0 radical (unpaired) electrons. The minimum atomic E-state index is 0.306. The summed E-state index contributed by atoms with van der Waals surface area (Å²) >= 11 is 1.60. The van der Waals surface area contributed by atoms with Gasteiger partial charge in [-0.15, -0.1) is 21.5 Å². The lowest BCUT2D eigenvalue weighted by Crippen LogP contribution is -2.24. The van der Waals surface area contributed by atoms with E-state index in [0.29, 0.717) is 24.4 Å². The second kappa shape index (κ2) is 6.81. The maximum Gasteiger partial charge on any atom is 0.257 e. The summed E-state index contributed by atoms with van der Waals surface area (Å²) in [7, 11) is 2.07. The molecule has 0 amide bonds. The van der Waals surface area contributed by atoms with E-state index in [1.165, 1.54) is 5.56 Å². The summed E-state index contributed by atoms with van der Waals surface area (Å²) in [6.07, 6.45) is 4.66. The molecule has 0 aliphatic carbocycles. The number of aromatic nitrogens is 3. The first kappa shape index (κ1) is 14.9. The molecule has 3 aromatic heterocycles. The van der Waals surface area contributed by atoms with Crippen molar-refractivity contribution in [2.24, 2.45) is 0 Å². The monoisotopic (exact) mass is 314 g/mol. The van der Waals surface area contributed by atoms with E-state index in [1.54, 1.807) is 11.3 Å². The van der Waals surface area contributed by atoms with E-state index in [1.807, 2.05) is 29.9 Å². The molecule has 0 aromatic carbocycles. The number of nitrogens with zero attached hydrogens (tertiary/aromatic N) is 4. The van der Waals surface area contributed by atoms with Gasteiger partial charge in [0.15, 0.2) is 0 Å². The van der Waals surface area contributed by atoms with Crippen molar-refractivity contribution < 1.29 is 4.42 Å². The van der Waals surface area contributed by atoms with Gasteiger partial charge in [-0.3, -0.25) is 9.88 Å². The van der Waals surface area contributed by atoms with Crippen LogP contribution in [-0.4, -0.2) is 27.1 Å². The molecule has 22 heavy (non-hydrogen) atoms. The van der Waals surface area contributed by atoms with Gasteiger partial charge in [0.25, 0.3) is 5.89 Å². The number of rotatable bonds is 6. The van der Waals surface area contributed by atoms with Gasteiger partial charge in [-0.05, 0) is 42.6 Å². The lowest BCUT2D eigenvalue weighted by Gasteiger charge is -2.26. The largest absolute Gasteiger partial charge is 0.419 e. The van der Waals surface area contributed by atoms with Crippen molar-refractivity contribution in [1.82, 2.24) is 20.1 Å². The summed E-state index contributed by atoms with van der Waals surface area (Å²) in [5, 5.41) is 10.3. The zero-order valence-electron chi connectivity index (χ0n) is 12.6. The van der Waals surface area contributed by atoms with E-state index in [4.69, 9.17) is 4.42 Å². The van der Waals surface area contributed by atoms with E-state index >= 15 is 0 Å². The summed E-state index contributed by atoms with van der Waals surface area (Å²) in [4.78, 5) is 7.30. The van der Waals surface area contributed by atoms with Crippen LogP contribution in [0.5, 0.6) is 0 Å². The van der Waals surface area contributed by atoms with Crippen molar-refractivity contribution in [3.05, 3.63) is 53.5 Å². The Morgan fingerprint density at radius 2 is 2.05 bits per heavy atom. The maximum absolute atomic E-state index is 5.76. The van der Waals surface area contributed by atoms with Crippen LogP contribution in [0.15, 0.2) is 46.5 Å². The third-order valence-corrected chi connectivity index (χ3v) is 4.45. The second-order valence-corrected chi connectivity index (χ2v) is 6.05. The lowest BCUT2D eigenvalue weighted by atomic mass is 10.0. The molecule has 0 aliphatic rings. The highest BCUT2D eigenvalue weighted by atomic mass is 32.1. The first-order valence-electron chi connectivity index (χ1n) is 7.24. The summed E-state index contributed by atoms with van der Waals surface area (Å²) < 4.78 is 5.76. The zero-order chi connectivity index (χ0) is 15.4. The number of pyridine rings is 1. The predicted molar refractivity (Wildman–Crippen MR) is 86.3 cm³/mol. The van der Waals surface area contributed by atoms with Crippen molar-refractivity contribution in [2.45, 2.75) is 25.9 Å². The molecular weight excluding hydrogens is 296 g/mol. The molecule has 3 rings (SSSR count). The average molecular weight is 314 g/mol. The van der Waals surface area contributed by atoms with E-state index in [2.05, 4.69) is 46.2 Å². The molecule has 0 N–H and O–H groups in total. The van der Waals surface area contributed by atoms with Crippen LogP contribution < -0.4 is 0 Å². The van der Waals surface area contributed by atoms with Crippen LogP contribution in [-0.2, 0) is 6.54 Å². The smallest absolute Gasteiger partial charge is 0.257 e. The highest BCUT2D eigenvalue weighted by molar-refractivity contribution is 7.13. The Balaban J connectivity index is 1.72. The fourth-order valence-electron chi connectivity index (χ4n) is 2.53. The highest BCUT2D eigenvalue weighted by Gasteiger charge is 2.18. The molecule has 0 fully saturated rings. The third kappa shape index (κ3) is 3.23. The van der Waals surface area contributed by atoms with Gasteiger partial charge in [-0.2, -0.15) is 0 Å². The van der Waals surface area contributed by atoms with E-state index in [9.17, 15) is 0 Å². The number of thiophene rings is 1. The Labute approximate surface area is 133 Å². The average Bonchev–Trinajstić information content (AvgIpc) is 3.20. The molecule has 0 spiro atoms. The Hall–Kier alpha value is -2.05. The highest BCUT2D eigenvalue weighted by Crippen LogP contribution is 2.26. The molecule has 1 atom stereocenters. The minimum absolute atomic E-state index is 0.306. The van der Waals surface area contributed by atoms with Gasteiger partial charge in [0.1, 0.15) is 0 Å². The normalized spacial score (nSPS) is 12.7. The standard InChI is InChI=1S/C16H18N4OS/c1-3-13(12-6-8-17-9-7-12)20(2)11-15-18-19-16(21-15)14-5-4-10-22-14/h4-10,13H,3,11H2,1-2H3. The minimum Gasteiger partial charge on any atom is -0.419 e. The summed E-state index contributed by atoms with van der Waals surface area (Å²) in [5.41, 5.74) is 1.25. The zero-order valence-corrected chi connectivity index (χ0v) is 13.5. The van der Waals surface area contributed by atoms with Crippen molar-refractivity contribution >= 4 is 11.3 Å². The first-order chi connectivity index (χ1) is 10.8. The molecule has 5 nitrogen and oxygen atoms in total. The Morgan fingerprint density at radius 3 is 2.73 bits per heavy atom. The van der Waals surface area contributed by atoms with Crippen LogP contribution in [0.25, 0.3) is 10.8 Å². The van der Waals surface area contributed by atoms with Crippen molar-refractivity contribution in [2.75, 3.05) is 7.05 Å². The van der Waals surface area contributed by atoms with Crippen LogP contribution >= 0.6 is 11.3 Å². The molecule has 1 unspecified atom stereocenters. The Bertz CT molecular complexity index is 696. The maximum atomic E-state index is 5.76. The summed E-state index contributed by atoms with van der Waals surface area (Å²) in [5.74, 6) is 1.23. The SMILES string of the molecule is CCC(c1ccncc1)N(C)Cc1nnc(-c2cccs2)o1. The molecule has 0 saturated heterocycles. The molecule has 114 valence electrons. The van der Waals surface area contributed by atoms with Gasteiger partial charge in [0.05, 0.1) is 11.4 Å². The topological polar surface area (TPSA) is 55.1 Å². The molecule has 0 bridgehead atoms. The van der Waals surface area contributed by atoms with Crippen LogP contribution in [0, 0.1) is 0 Å². The molecule has 3 heterocycles. The second-order valence-electron chi connectivity index (χ2n) is 5.10. The van der Waals surface area contributed by atoms with E-state index in [-0.39, 0.29) is 0 Å². The van der Waals surface area contributed by atoms with Crippen LogP contribution in [0.2, 0.25) is 0 Å². The molecule has 0 saturated carbocycles. The molecule has 6 heteroatoms. The van der Waals surface area contributed by atoms with Gasteiger partial charge in [-0.1, -0.05) is 13.0 Å². The summed E-state index contributed by atoms with van der Waals surface area (Å²) in [6.45, 7) is 2.80. The van der Waals surface area contributed by atoms with Crippen molar-refractivity contribution in [1.29, 1.82) is 0 Å². The van der Waals surface area contributed by atoms with Crippen LogP contribution in [0.4, 0.5) is 0 Å². The predicted octanol–water partition coefficient (Wildman–Crippen LogP) is 3.78. The fraction of sp³-hybridized carbons (Fsp3) is 0.312. The fourth-order valence-corrected chi connectivity index (χ4v) is 3.17. The van der Waals surface area contributed by atoms with Crippen molar-refractivity contribution in [3.8, 4) is 10.8 Å². The van der Waals surface area contributed by atoms with Gasteiger partial charge >= 0.3 is 0 Å². The Kier molecular flexibility index (Phi) is 4.60. The van der Waals surface area contributed by atoms with Crippen LogP contribution in [0.3, 0.4) is 0 Å². The van der Waals surface area contributed by atoms with Gasteiger partial charge in [-0.25, -0.2) is 0 Å². The quantitative estimate of drug-likeness (QED) is 0.693. The van der Waals surface area contributed by atoms with E-state index in [0.717, 1.165) is 11.3 Å². The molecule has 3 aromatic rings. The third-order valence-electron chi connectivity index (χ3n) is 3.59. The lowest BCUT2D eigenvalue weighted by molar-refractivity contribution is 0.209. The van der Waals surface area contributed by atoms with Crippen LogP contribution in [0.1, 0.15) is 30.8 Å². The number of hydrogen-bond donors (Lipinski definition) is 0. The van der Waals surface area contributed by atoms with Gasteiger partial charge in [0, 0.05) is 18.4 Å². The summed E-state index contributed by atoms with van der Waals surface area (Å²) in [6, 6.07) is 8.37. The van der Waals surface area contributed by atoms with Gasteiger partial charge < -0.3 is 4.42 Å². The Morgan fingerprint density at radius 1 is 1.23 bits per heavy atom. The van der Waals surface area contributed by atoms with Crippen molar-refractivity contribution in [3.63, 3.8) is 0 Å². The number of hydrogen-bond acceptors (Lipinski definition) is 6. The molecular formula is C16H18N4OS.